The van der Waals surface area contributed by atoms with Crippen LogP contribution in [0.1, 0.15) is 10.5 Å². The van der Waals surface area contributed by atoms with Crippen LogP contribution in [0, 0.1) is 0 Å². The molecule has 1 aliphatic rings. The number of piperazine rings is 1. The highest BCUT2D eigenvalue weighted by Crippen LogP contribution is 2.22. The molecule has 7 nitrogen and oxygen atoms in total. The first kappa shape index (κ1) is 18.0. The summed E-state index contributed by atoms with van der Waals surface area (Å²) in [7, 11) is -3.63. The molecule has 0 aliphatic carbocycles. The summed E-state index contributed by atoms with van der Waals surface area (Å²) in [4.78, 5) is 14.6. The van der Waals surface area contributed by atoms with Gasteiger partial charge >= 0.3 is 0 Å². The molecule has 0 atom stereocenters. The summed E-state index contributed by atoms with van der Waals surface area (Å²) >= 11 is 5.91. The zero-order chi connectivity index (χ0) is 19.0. The maximum Gasteiger partial charge on any atom is 0.275 e. The number of sulfonamides is 1. The van der Waals surface area contributed by atoms with Gasteiger partial charge in [0.1, 0.15) is 0 Å². The molecule has 0 spiro atoms. The van der Waals surface area contributed by atoms with Gasteiger partial charge in [0.25, 0.3) is 5.91 Å². The number of hydrogen-bond acceptors (Lipinski definition) is 4. The number of para-hydroxylation sites is 1. The first-order valence-corrected chi connectivity index (χ1v) is 10.3. The Bertz CT molecular complexity index is 1100. The van der Waals surface area contributed by atoms with Crippen molar-refractivity contribution >= 4 is 38.4 Å². The molecule has 1 aromatic heterocycles. The fourth-order valence-electron chi connectivity index (χ4n) is 3.18. The molecule has 4 rings (SSSR count). The molecular weight excluding hydrogens is 388 g/mol. The second-order valence-corrected chi connectivity index (χ2v) is 8.65. The summed E-state index contributed by atoms with van der Waals surface area (Å²) in [6.45, 7) is 1.06. The number of nitrogens with zero attached hydrogens (tertiary/aromatic N) is 3. The van der Waals surface area contributed by atoms with E-state index in [-0.39, 0.29) is 23.9 Å². The molecule has 2 aromatic carbocycles. The number of aromatic nitrogens is 2. The fourth-order valence-corrected chi connectivity index (χ4v) is 4.91. The van der Waals surface area contributed by atoms with E-state index in [9.17, 15) is 13.2 Å². The summed E-state index contributed by atoms with van der Waals surface area (Å²) in [5, 5.41) is 8.12. The number of carbonyl (C=O) groups excluding carboxylic acids is 1. The number of hydrogen-bond donors (Lipinski definition) is 1. The van der Waals surface area contributed by atoms with E-state index < -0.39 is 10.0 Å². The highest BCUT2D eigenvalue weighted by atomic mass is 35.5. The monoisotopic (exact) mass is 404 g/mol. The van der Waals surface area contributed by atoms with E-state index in [1.165, 1.54) is 16.4 Å². The normalized spacial score (nSPS) is 16.0. The standard InChI is InChI=1S/C18H17ClN4O3S/c19-13-4-3-5-14(12-13)27(25,26)23-10-8-22(9-11-23)18(24)17-15-6-1-2-7-16(15)20-21-17/h1-7,12H,8-11H2,(H,20,21). The van der Waals surface area contributed by atoms with Crippen molar-refractivity contribution < 1.29 is 13.2 Å². The minimum Gasteiger partial charge on any atom is -0.335 e. The van der Waals surface area contributed by atoms with Crippen molar-refractivity contribution in [2.45, 2.75) is 4.90 Å². The van der Waals surface area contributed by atoms with Crippen molar-refractivity contribution in [2.75, 3.05) is 26.2 Å². The fraction of sp³-hybridized carbons (Fsp3) is 0.222. The first-order valence-electron chi connectivity index (χ1n) is 8.45. The Morgan fingerprint density at radius 3 is 2.52 bits per heavy atom. The van der Waals surface area contributed by atoms with E-state index in [0.29, 0.717) is 23.8 Å². The number of fused-ring (bicyclic) bond motifs is 1. The van der Waals surface area contributed by atoms with Crippen LogP contribution in [0.2, 0.25) is 5.02 Å². The van der Waals surface area contributed by atoms with E-state index in [0.717, 1.165) is 10.9 Å². The van der Waals surface area contributed by atoms with Crippen molar-refractivity contribution in [3.8, 4) is 0 Å². The molecule has 1 amide bonds. The molecular formula is C18H17ClN4O3S. The van der Waals surface area contributed by atoms with Gasteiger partial charge in [-0.1, -0.05) is 35.9 Å². The average molecular weight is 405 g/mol. The molecule has 1 N–H and O–H groups in total. The van der Waals surface area contributed by atoms with Crippen molar-refractivity contribution in [3.63, 3.8) is 0 Å². The smallest absolute Gasteiger partial charge is 0.275 e. The third-order valence-corrected chi connectivity index (χ3v) is 6.76. The predicted octanol–water partition coefficient (Wildman–Crippen LogP) is 2.36. The van der Waals surface area contributed by atoms with Crippen LogP contribution in [0.5, 0.6) is 0 Å². The van der Waals surface area contributed by atoms with Crippen molar-refractivity contribution in [1.29, 1.82) is 0 Å². The van der Waals surface area contributed by atoms with E-state index in [1.54, 1.807) is 17.0 Å². The van der Waals surface area contributed by atoms with Gasteiger partial charge in [0.05, 0.1) is 10.4 Å². The van der Waals surface area contributed by atoms with Crippen LogP contribution in [0.3, 0.4) is 0 Å². The van der Waals surface area contributed by atoms with Crippen LogP contribution in [0.25, 0.3) is 10.9 Å². The van der Waals surface area contributed by atoms with Gasteiger partial charge in [0.2, 0.25) is 10.0 Å². The lowest BCUT2D eigenvalue weighted by Gasteiger charge is -2.33. The highest BCUT2D eigenvalue weighted by Gasteiger charge is 2.31. The van der Waals surface area contributed by atoms with Crippen molar-refractivity contribution in [3.05, 3.63) is 59.2 Å². The van der Waals surface area contributed by atoms with Crippen LogP contribution in [-0.2, 0) is 10.0 Å². The van der Waals surface area contributed by atoms with Gasteiger partial charge in [-0.2, -0.15) is 9.40 Å². The van der Waals surface area contributed by atoms with Gasteiger partial charge < -0.3 is 4.90 Å². The van der Waals surface area contributed by atoms with Crippen LogP contribution < -0.4 is 0 Å². The third kappa shape index (κ3) is 3.31. The number of amides is 1. The molecule has 9 heteroatoms. The number of halogens is 1. The van der Waals surface area contributed by atoms with Gasteiger partial charge in [-0.05, 0) is 24.3 Å². The molecule has 1 aliphatic heterocycles. The molecule has 0 saturated carbocycles. The number of rotatable bonds is 3. The Labute approximate surface area is 161 Å². The highest BCUT2D eigenvalue weighted by molar-refractivity contribution is 7.89. The van der Waals surface area contributed by atoms with E-state index in [1.807, 2.05) is 24.3 Å². The molecule has 0 unspecified atom stereocenters. The van der Waals surface area contributed by atoms with Crippen molar-refractivity contribution in [2.24, 2.45) is 0 Å². The van der Waals surface area contributed by atoms with Crippen LogP contribution in [0.4, 0.5) is 0 Å². The average Bonchev–Trinajstić information content (AvgIpc) is 3.12. The Morgan fingerprint density at radius 2 is 1.78 bits per heavy atom. The van der Waals surface area contributed by atoms with Gasteiger partial charge in [-0.25, -0.2) is 8.42 Å². The van der Waals surface area contributed by atoms with Crippen LogP contribution in [-0.4, -0.2) is 59.9 Å². The van der Waals surface area contributed by atoms with Gasteiger partial charge in [-0.3, -0.25) is 9.89 Å². The van der Waals surface area contributed by atoms with Gasteiger partial charge in [-0.15, -0.1) is 0 Å². The number of aromatic amines is 1. The van der Waals surface area contributed by atoms with Gasteiger partial charge in [0, 0.05) is 36.6 Å². The summed E-state index contributed by atoms with van der Waals surface area (Å²) in [6.07, 6.45) is 0. The Morgan fingerprint density at radius 1 is 1.04 bits per heavy atom. The maximum atomic E-state index is 12.8. The van der Waals surface area contributed by atoms with E-state index in [4.69, 9.17) is 11.6 Å². The maximum absolute atomic E-state index is 12.8. The molecule has 0 radical (unpaired) electrons. The van der Waals surface area contributed by atoms with E-state index in [2.05, 4.69) is 10.2 Å². The number of benzene rings is 2. The third-order valence-electron chi connectivity index (χ3n) is 4.63. The second kappa shape index (κ2) is 6.95. The van der Waals surface area contributed by atoms with Crippen molar-refractivity contribution in [1.82, 2.24) is 19.4 Å². The Hall–Kier alpha value is -2.42. The zero-order valence-corrected chi connectivity index (χ0v) is 15.9. The minimum atomic E-state index is -3.63. The molecule has 0 bridgehead atoms. The van der Waals surface area contributed by atoms with Crippen LogP contribution in [0.15, 0.2) is 53.4 Å². The lowest BCUT2D eigenvalue weighted by molar-refractivity contribution is 0.0694. The molecule has 3 aromatic rings. The van der Waals surface area contributed by atoms with Gasteiger partial charge in [0.15, 0.2) is 5.69 Å². The zero-order valence-electron chi connectivity index (χ0n) is 14.3. The largest absolute Gasteiger partial charge is 0.335 e. The minimum absolute atomic E-state index is 0.160. The molecule has 27 heavy (non-hydrogen) atoms. The second-order valence-electron chi connectivity index (χ2n) is 6.27. The van der Waals surface area contributed by atoms with E-state index >= 15 is 0 Å². The molecule has 2 heterocycles. The summed E-state index contributed by atoms with van der Waals surface area (Å²) < 4.78 is 26.9. The summed E-state index contributed by atoms with van der Waals surface area (Å²) in [6, 6.07) is 13.6. The van der Waals surface area contributed by atoms with Crippen LogP contribution >= 0.6 is 11.6 Å². The molecule has 140 valence electrons. The topological polar surface area (TPSA) is 86.4 Å². The SMILES string of the molecule is O=C(c1n[nH]c2ccccc12)N1CCN(S(=O)(=O)c2cccc(Cl)c2)CC1. The number of H-pyrrole nitrogens is 1. The first-order chi connectivity index (χ1) is 13.0. The molecule has 1 saturated heterocycles. The number of carbonyl (C=O) groups is 1. The lowest BCUT2D eigenvalue weighted by Crippen LogP contribution is -2.50. The quantitative estimate of drug-likeness (QED) is 0.726. The molecule has 1 fully saturated rings. The number of nitrogens with one attached hydrogen (secondary N) is 1. The summed E-state index contributed by atoms with van der Waals surface area (Å²) in [5.41, 5.74) is 1.15. The Kier molecular flexibility index (Phi) is 4.63. The predicted molar refractivity (Wildman–Crippen MR) is 102 cm³/mol. The summed E-state index contributed by atoms with van der Waals surface area (Å²) in [5.74, 6) is -0.202. The lowest BCUT2D eigenvalue weighted by atomic mass is 10.2. The Balaban J connectivity index is 1.49.